The molecule has 0 aliphatic heterocycles. The number of phosphoric ester groups is 1. The van der Waals surface area contributed by atoms with Gasteiger partial charge in [0.1, 0.15) is 19.8 Å². The van der Waals surface area contributed by atoms with E-state index in [-0.39, 0.29) is 32.3 Å². The van der Waals surface area contributed by atoms with Crippen molar-refractivity contribution in [1.29, 1.82) is 0 Å². The summed E-state index contributed by atoms with van der Waals surface area (Å²) in [5, 5.41) is 30.6. The third-order valence-corrected chi connectivity index (χ3v) is 9.91. The smallest absolute Gasteiger partial charge is 0.306 e. The van der Waals surface area contributed by atoms with Crippen LogP contribution in [-0.2, 0) is 32.7 Å². The lowest BCUT2D eigenvalue weighted by Crippen LogP contribution is -2.37. The molecule has 12 nitrogen and oxygen atoms in total. The van der Waals surface area contributed by atoms with Crippen LogP contribution in [0.15, 0.2) is 97.2 Å². The summed E-state index contributed by atoms with van der Waals surface area (Å²) < 4.78 is 33.5. The molecular weight excluding hydrogens is 797 g/mol. The summed E-state index contributed by atoms with van der Waals surface area (Å²) in [6, 6.07) is 0. The molecule has 0 fully saturated rings. The van der Waals surface area contributed by atoms with Gasteiger partial charge in [0.2, 0.25) is 0 Å². The van der Waals surface area contributed by atoms with E-state index in [0.717, 1.165) is 51.4 Å². The van der Waals surface area contributed by atoms with Crippen LogP contribution in [0.3, 0.4) is 0 Å². The Morgan fingerprint density at radius 1 is 0.639 bits per heavy atom. The summed E-state index contributed by atoms with van der Waals surface area (Å²) in [7, 11) is 0.902. The molecule has 0 saturated heterocycles. The number of ether oxygens (including phenoxy) is 2. The Hall–Kier alpha value is -3.19. The molecule has 1 unspecified atom stereocenters. The number of allylic oxidation sites excluding steroid dienone is 14. The molecule has 0 bridgehead atoms. The number of unbranched alkanes of at least 4 members (excludes halogenated alkanes) is 6. The van der Waals surface area contributed by atoms with Crippen molar-refractivity contribution in [3.8, 4) is 0 Å². The first-order valence-electron chi connectivity index (χ1n) is 22.3. The van der Waals surface area contributed by atoms with Crippen LogP contribution < -0.4 is 4.89 Å². The Bertz CT molecular complexity index is 1410. The van der Waals surface area contributed by atoms with Crippen molar-refractivity contribution in [3.05, 3.63) is 97.2 Å². The maximum absolute atomic E-state index is 12.7. The average Bonchev–Trinajstić information content (AvgIpc) is 3.20. The molecule has 0 saturated carbocycles. The fraction of sp³-hybridized carbons (Fsp3) is 0.625. The van der Waals surface area contributed by atoms with Gasteiger partial charge in [0.15, 0.2) is 6.10 Å². The van der Waals surface area contributed by atoms with Crippen molar-refractivity contribution in [2.45, 2.75) is 147 Å². The first-order chi connectivity index (χ1) is 29.2. The molecule has 3 N–H and O–H groups in total. The summed E-state index contributed by atoms with van der Waals surface area (Å²) >= 11 is 0. The number of carbonyl (C=O) groups is 2. The Balaban J connectivity index is 4.80. The van der Waals surface area contributed by atoms with Crippen molar-refractivity contribution in [2.24, 2.45) is 0 Å². The average molecular weight is 878 g/mol. The van der Waals surface area contributed by atoms with E-state index in [1.54, 1.807) is 42.5 Å². The molecule has 0 aromatic heterocycles. The quantitative estimate of drug-likeness (QED) is 0.0135. The number of likely N-dealkylation sites (N-methyl/N-ethyl adjacent to an activating group) is 1. The predicted molar refractivity (Wildman–Crippen MR) is 244 cm³/mol. The molecule has 0 aliphatic carbocycles. The van der Waals surface area contributed by atoms with E-state index >= 15 is 0 Å². The summed E-state index contributed by atoms with van der Waals surface area (Å²) in [5.74, 6) is -1.24. The standard InChI is InChI=1S/C48H80NO11P/c1-6-8-10-11-12-13-14-15-16-17-18-19-20-21-22-27-31-37-47(53)57-41-44(42-59-61(55,56)58-40-39-49(3,4)5)60-48(54)38-32-36-46(52)45(51)35-30-26-24-23-25-29-34-43(50)33-28-9-7-2/h12-13,15-16,18-19,21-26,29-30,34-35,43-46,50-52H,6-11,14,17,20,27-28,31-33,36-42H2,1-5H3/b13-12-,16-15-,19-18-,22-21-,25-23-,26-24+,34-29+,35-30+/t43-,44+,45-,46-/m0/s1. The number of rotatable bonds is 38. The number of aliphatic hydroxyl groups excluding tert-OH is 3. The van der Waals surface area contributed by atoms with Gasteiger partial charge in [0.25, 0.3) is 7.82 Å². The maximum Gasteiger partial charge on any atom is 0.306 e. The van der Waals surface area contributed by atoms with Gasteiger partial charge in [-0.2, -0.15) is 0 Å². The number of quaternary nitrogens is 1. The lowest BCUT2D eigenvalue weighted by atomic mass is 10.1. The van der Waals surface area contributed by atoms with Gasteiger partial charge in [-0.1, -0.05) is 143 Å². The van der Waals surface area contributed by atoms with Gasteiger partial charge < -0.3 is 43.2 Å². The number of hydrogen-bond donors (Lipinski definition) is 3. The van der Waals surface area contributed by atoms with Gasteiger partial charge in [-0.25, -0.2) is 0 Å². The Morgan fingerprint density at radius 2 is 1.18 bits per heavy atom. The molecule has 61 heavy (non-hydrogen) atoms. The largest absolute Gasteiger partial charge is 0.756 e. The summed E-state index contributed by atoms with van der Waals surface area (Å²) in [5.41, 5.74) is 0. The van der Waals surface area contributed by atoms with Crippen LogP contribution in [0.5, 0.6) is 0 Å². The fourth-order valence-corrected chi connectivity index (χ4v) is 5.99. The van der Waals surface area contributed by atoms with Crippen LogP contribution in [-0.4, -0.2) is 104 Å². The van der Waals surface area contributed by atoms with E-state index in [4.69, 9.17) is 18.5 Å². The van der Waals surface area contributed by atoms with Gasteiger partial charge in [-0.3, -0.25) is 14.2 Å². The topological polar surface area (TPSA) is 172 Å². The Labute approximate surface area is 368 Å². The second kappa shape index (κ2) is 38.5. The molecule has 0 heterocycles. The van der Waals surface area contributed by atoms with E-state index < -0.39 is 57.4 Å². The molecule has 0 rings (SSSR count). The van der Waals surface area contributed by atoms with E-state index in [2.05, 4.69) is 50.3 Å². The molecule has 0 aromatic rings. The Morgan fingerprint density at radius 3 is 1.79 bits per heavy atom. The normalized spacial score (nSPS) is 16.0. The number of aliphatic hydroxyl groups is 3. The predicted octanol–water partition coefficient (Wildman–Crippen LogP) is 8.85. The SMILES string of the molecule is CCCCC/C=C\C/C=C\C/C=C\C/C=C\CCCC(=O)OC[C@H](COP(=O)([O-])OCC[N+](C)(C)C)OC(=O)CCC[C@H](O)[C@@H](O)/C=C/C=C/C=C\C=C\[C@@H](O)CCCCC. The van der Waals surface area contributed by atoms with Crippen LogP contribution in [0.4, 0.5) is 0 Å². The van der Waals surface area contributed by atoms with Crippen LogP contribution in [0, 0.1) is 0 Å². The van der Waals surface area contributed by atoms with Crippen molar-refractivity contribution < 1.29 is 57.4 Å². The molecule has 0 spiro atoms. The van der Waals surface area contributed by atoms with Crippen molar-refractivity contribution >= 4 is 19.8 Å². The highest BCUT2D eigenvalue weighted by atomic mass is 31.2. The molecule has 0 amide bonds. The van der Waals surface area contributed by atoms with Gasteiger partial charge in [0, 0.05) is 12.8 Å². The van der Waals surface area contributed by atoms with Crippen LogP contribution in [0.25, 0.3) is 0 Å². The molecule has 0 aromatic carbocycles. The number of carbonyl (C=O) groups excluding carboxylic acids is 2. The van der Waals surface area contributed by atoms with E-state index in [9.17, 15) is 34.4 Å². The lowest BCUT2D eigenvalue weighted by molar-refractivity contribution is -0.870. The van der Waals surface area contributed by atoms with E-state index in [1.807, 2.05) is 33.3 Å². The van der Waals surface area contributed by atoms with Crippen molar-refractivity contribution in [3.63, 3.8) is 0 Å². The van der Waals surface area contributed by atoms with Crippen LogP contribution in [0.1, 0.15) is 123 Å². The van der Waals surface area contributed by atoms with Crippen LogP contribution in [0.2, 0.25) is 0 Å². The second-order valence-electron chi connectivity index (χ2n) is 15.9. The monoisotopic (exact) mass is 878 g/mol. The van der Waals surface area contributed by atoms with Gasteiger partial charge in [0.05, 0.1) is 46.1 Å². The highest BCUT2D eigenvalue weighted by molar-refractivity contribution is 7.45. The first kappa shape index (κ1) is 57.8. The lowest BCUT2D eigenvalue weighted by Gasteiger charge is -2.28. The van der Waals surface area contributed by atoms with Crippen LogP contribution >= 0.6 is 7.82 Å². The molecular formula is C48H80NO11P. The fourth-order valence-electron chi connectivity index (χ4n) is 5.26. The van der Waals surface area contributed by atoms with Gasteiger partial charge in [-0.15, -0.1) is 0 Å². The summed E-state index contributed by atoms with van der Waals surface area (Å²) in [6.45, 7) is 3.59. The minimum atomic E-state index is -4.74. The number of hydrogen-bond acceptors (Lipinski definition) is 11. The minimum Gasteiger partial charge on any atom is -0.756 e. The van der Waals surface area contributed by atoms with E-state index in [0.29, 0.717) is 23.9 Å². The third kappa shape index (κ3) is 40.6. The number of phosphoric acid groups is 1. The van der Waals surface area contributed by atoms with Gasteiger partial charge >= 0.3 is 11.9 Å². The van der Waals surface area contributed by atoms with Crippen molar-refractivity contribution in [2.75, 3.05) is 47.5 Å². The zero-order chi connectivity index (χ0) is 45.5. The third-order valence-electron chi connectivity index (χ3n) is 8.94. The second-order valence-corrected chi connectivity index (χ2v) is 17.3. The highest BCUT2D eigenvalue weighted by Crippen LogP contribution is 2.38. The highest BCUT2D eigenvalue weighted by Gasteiger charge is 2.22. The minimum absolute atomic E-state index is 0.0844. The van der Waals surface area contributed by atoms with Crippen molar-refractivity contribution in [1.82, 2.24) is 0 Å². The Kier molecular flexibility index (Phi) is 36.5. The number of nitrogens with zero attached hydrogens (tertiary/aromatic N) is 1. The van der Waals surface area contributed by atoms with E-state index in [1.165, 1.54) is 25.3 Å². The molecule has 13 heteroatoms. The molecule has 5 atom stereocenters. The summed E-state index contributed by atoms with van der Waals surface area (Å²) in [4.78, 5) is 37.6. The molecule has 348 valence electrons. The number of esters is 2. The molecule has 0 aliphatic rings. The van der Waals surface area contributed by atoms with Gasteiger partial charge in [-0.05, 0) is 64.2 Å². The maximum atomic E-state index is 12.7. The molecule has 0 radical (unpaired) electrons. The first-order valence-corrected chi connectivity index (χ1v) is 23.7. The zero-order valence-electron chi connectivity index (χ0n) is 37.9. The zero-order valence-corrected chi connectivity index (χ0v) is 38.8. The summed E-state index contributed by atoms with van der Waals surface area (Å²) in [6.07, 6.45) is 39.5.